The van der Waals surface area contributed by atoms with Crippen LogP contribution in [0.25, 0.3) is 23.3 Å². The summed E-state index contributed by atoms with van der Waals surface area (Å²) in [6.45, 7) is 8.71. The molecule has 0 bridgehead atoms. The molecule has 1 heterocycles. The molecule has 0 spiro atoms. The summed E-state index contributed by atoms with van der Waals surface area (Å²) in [7, 11) is 0. The van der Waals surface area contributed by atoms with Gasteiger partial charge in [-0.3, -0.25) is 0 Å². The Balaban J connectivity index is 1.16. The van der Waals surface area contributed by atoms with Gasteiger partial charge in [0.25, 0.3) is 0 Å². The molecule has 268 valence electrons. The highest BCUT2D eigenvalue weighted by atomic mass is 19.1. The van der Waals surface area contributed by atoms with Crippen LogP contribution in [0.2, 0.25) is 0 Å². The monoisotopic (exact) mass is 705 g/mol. The third-order valence-electron chi connectivity index (χ3n) is 11.4. The highest BCUT2D eigenvalue weighted by Gasteiger charge is 2.43. The quantitative estimate of drug-likeness (QED) is 0.107. The molecular formula is C52H48FN. The summed E-state index contributed by atoms with van der Waals surface area (Å²) in [6.07, 6.45) is 11.2. The Bertz CT molecular complexity index is 2310. The van der Waals surface area contributed by atoms with Gasteiger partial charge in [-0.1, -0.05) is 145 Å². The lowest BCUT2D eigenvalue weighted by molar-refractivity contribution is 0.626. The Morgan fingerprint density at radius 3 is 2.04 bits per heavy atom. The largest absolute Gasteiger partial charge is 0.337 e. The van der Waals surface area contributed by atoms with Crippen molar-refractivity contribution in [3.05, 3.63) is 213 Å². The van der Waals surface area contributed by atoms with Crippen molar-refractivity contribution in [2.75, 3.05) is 4.90 Å². The van der Waals surface area contributed by atoms with Crippen LogP contribution in [0.1, 0.15) is 94.7 Å². The zero-order chi connectivity index (χ0) is 37.2. The molecule has 2 atom stereocenters. The van der Waals surface area contributed by atoms with Crippen molar-refractivity contribution >= 4 is 34.7 Å². The third-order valence-corrected chi connectivity index (χ3v) is 11.4. The van der Waals surface area contributed by atoms with E-state index < -0.39 is 0 Å². The molecule has 0 amide bonds. The van der Waals surface area contributed by atoms with Crippen LogP contribution < -0.4 is 4.90 Å². The minimum atomic E-state index is -0.189. The van der Waals surface area contributed by atoms with Gasteiger partial charge in [-0.15, -0.1) is 0 Å². The normalized spacial score (nSPS) is 16.5. The second kappa shape index (κ2) is 15.3. The first-order valence-electron chi connectivity index (χ1n) is 19.4. The average molecular weight is 706 g/mol. The van der Waals surface area contributed by atoms with Crippen molar-refractivity contribution in [2.24, 2.45) is 0 Å². The van der Waals surface area contributed by atoms with Crippen LogP contribution in [0.15, 0.2) is 151 Å². The van der Waals surface area contributed by atoms with Crippen molar-refractivity contribution < 1.29 is 4.39 Å². The summed E-state index contributed by atoms with van der Waals surface area (Å²) in [5.41, 5.74) is 18.6. The molecule has 54 heavy (non-hydrogen) atoms. The molecule has 6 aromatic rings. The second-order valence-electron chi connectivity index (χ2n) is 15.3. The van der Waals surface area contributed by atoms with Gasteiger partial charge in [0.2, 0.25) is 0 Å². The summed E-state index contributed by atoms with van der Waals surface area (Å²) >= 11 is 0. The first kappa shape index (κ1) is 35.3. The van der Waals surface area contributed by atoms with Crippen LogP contribution in [-0.4, -0.2) is 6.04 Å². The Morgan fingerprint density at radius 2 is 1.37 bits per heavy atom. The fourth-order valence-corrected chi connectivity index (χ4v) is 8.65. The van der Waals surface area contributed by atoms with E-state index in [0.29, 0.717) is 18.4 Å². The van der Waals surface area contributed by atoms with Crippen LogP contribution >= 0.6 is 0 Å². The second-order valence-corrected chi connectivity index (χ2v) is 15.3. The van der Waals surface area contributed by atoms with Gasteiger partial charge in [-0.05, 0) is 139 Å². The molecule has 0 radical (unpaired) electrons. The molecule has 8 rings (SSSR count). The van der Waals surface area contributed by atoms with Crippen LogP contribution in [0, 0.1) is 19.7 Å². The lowest BCUT2D eigenvalue weighted by atomic mass is 9.89. The van der Waals surface area contributed by atoms with E-state index in [9.17, 15) is 4.39 Å². The lowest BCUT2D eigenvalue weighted by Gasteiger charge is -2.27. The van der Waals surface area contributed by atoms with Gasteiger partial charge < -0.3 is 4.90 Å². The zero-order valence-corrected chi connectivity index (χ0v) is 31.8. The van der Waals surface area contributed by atoms with Gasteiger partial charge in [0.1, 0.15) is 5.82 Å². The van der Waals surface area contributed by atoms with E-state index in [1.54, 1.807) is 6.07 Å². The van der Waals surface area contributed by atoms with E-state index in [1.807, 2.05) is 12.1 Å². The number of benzene rings is 6. The van der Waals surface area contributed by atoms with Gasteiger partial charge in [0.15, 0.2) is 0 Å². The van der Waals surface area contributed by atoms with Crippen molar-refractivity contribution in [1.29, 1.82) is 0 Å². The molecule has 1 aliphatic carbocycles. The molecule has 1 saturated carbocycles. The number of nitrogens with zero attached hydrogens (tertiary/aromatic N) is 1. The summed E-state index contributed by atoms with van der Waals surface area (Å²) in [5, 5.41) is 0. The standard InChI is InChI=1S/C52H48FN/c1-35-16-24-43(25-17-35)51(44-26-18-36(2)19-27-44)37(3)20-21-39-22-28-47(29-23-39)54-49-15-9-14-48(49)52-45(30-38(4)42-11-6-5-7-12-42)32-41(34-50(52)54)31-40-10-8-13-46(53)33-40/h5-8,10-13,16-30,32-34,48-49H,9,14-15,31H2,1-4H3/b21-20+,38-30-. The zero-order valence-electron chi connectivity index (χ0n) is 31.8. The van der Waals surface area contributed by atoms with Gasteiger partial charge in [0.05, 0.1) is 0 Å². The first-order valence-corrected chi connectivity index (χ1v) is 19.4. The fraction of sp³-hybridized carbons (Fsp3) is 0.192. The molecule has 0 aromatic heterocycles. The van der Waals surface area contributed by atoms with Crippen LogP contribution in [0.5, 0.6) is 0 Å². The molecule has 1 nitrogen and oxygen atoms in total. The van der Waals surface area contributed by atoms with Crippen molar-refractivity contribution in [2.45, 2.75) is 65.3 Å². The number of halogens is 1. The number of hydrogen-bond donors (Lipinski definition) is 0. The maximum Gasteiger partial charge on any atom is 0.123 e. The Morgan fingerprint density at radius 1 is 0.685 bits per heavy atom. The SMILES string of the molecule is CC(/C=C/c1ccc(N2c3cc(Cc4cccc(F)c4)cc(/C=C(/C)c4ccccc4)c3C3CCCC32)cc1)=C(c1ccc(C)cc1)c1ccc(C)cc1. The predicted octanol–water partition coefficient (Wildman–Crippen LogP) is 13.9. The van der Waals surface area contributed by atoms with Gasteiger partial charge in [-0.25, -0.2) is 4.39 Å². The van der Waals surface area contributed by atoms with Crippen LogP contribution in [-0.2, 0) is 6.42 Å². The molecule has 0 saturated heterocycles. The maximum absolute atomic E-state index is 14.3. The highest BCUT2D eigenvalue weighted by molar-refractivity contribution is 5.87. The van der Waals surface area contributed by atoms with Crippen molar-refractivity contribution in [3.8, 4) is 0 Å². The van der Waals surface area contributed by atoms with Crippen LogP contribution in [0.3, 0.4) is 0 Å². The van der Waals surface area contributed by atoms with E-state index in [2.05, 4.69) is 166 Å². The molecular weight excluding hydrogens is 658 g/mol. The highest BCUT2D eigenvalue weighted by Crippen LogP contribution is 2.54. The van der Waals surface area contributed by atoms with E-state index in [0.717, 1.165) is 5.56 Å². The summed E-state index contributed by atoms with van der Waals surface area (Å²) in [4.78, 5) is 2.61. The number of rotatable bonds is 9. The summed E-state index contributed by atoms with van der Waals surface area (Å²) in [5.74, 6) is 0.290. The minimum absolute atomic E-state index is 0.189. The summed E-state index contributed by atoms with van der Waals surface area (Å²) < 4.78 is 14.3. The van der Waals surface area contributed by atoms with E-state index in [-0.39, 0.29) is 5.82 Å². The number of allylic oxidation sites excluding steroid dienone is 3. The van der Waals surface area contributed by atoms with Crippen molar-refractivity contribution in [1.82, 2.24) is 0 Å². The molecule has 6 aromatic carbocycles. The topological polar surface area (TPSA) is 3.24 Å². The first-order chi connectivity index (χ1) is 26.3. The summed E-state index contributed by atoms with van der Waals surface area (Å²) in [6, 6.07) is 49.7. The molecule has 1 aliphatic heterocycles. The van der Waals surface area contributed by atoms with Gasteiger partial charge >= 0.3 is 0 Å². The fourth-order valence-electron chi connectivity index (χ4n) is 8.65. The Hall–Kier alpha value is -5.73. The average Bonchev–Trinajstić information content (AvgIpc) is 3.77. The number of anilines is 2. The molecule has 2 unspecified atom stereocenters. The molecule has 2 aliphatic rings. The lowest BCUT2D eigenvalue weighted by Crippen LogP contribution is -2.26. The van der Waals surface area contributed by atoms with Gasteiger partial charge in [-0.2, -0.15) is 0 Å². The van der Waals surface area contributed by atoms with E-state index in [4.69, 9.17) is 0 Å². The smallest absolute Gasteiger partial charge is 0.123 e. The number of aryl methyl sites for hydroxylation is 2. The molecule has 2 heteroatoms. The van der Waals surface area contributed by atoms with E-state index in [1.165, 1.54) is 103 Å². The van der Waals surface area contributed by atoms with Crippen molar-refractivity contribution in [3.63, 3.8) is 0 Å². The van der Waals surface area contributed by atoms with Gasteiger partial charge in [0, 0.05) is 23.3 Å². The predicted molar refractivity (Wildman–Crippen MR) is 228 cm³/mol. The Labute approximate surface area is 320 Å². The van der Waals surface area contributed by atoms with E-state index >= 15 is 0 Å². The van der Waals surface area contributed by atoms with Crippen LogP contribution in [0.4, 0.5) is 15.8 Å². The maximum atomic E-state index is 14.3. The molecule has 1 fully saturated rings. The molecule has 0 N–H and O–H groups in total. The number of fused-ring (bicyclic) bond motifs is 3. The minimum Gasteiger partial charge on any atom is -0.337 e. The number of hydrogen-bond acceptors (Lipinski definition) is 1. The third kappa shape index (κ3) is 7.39. The Kier molecular flexibility index (Phi) is 10.0.